The van der Waals surface area contributed by atoms with Crippen molar-refractivity contribution in [3.63, 3.8) is 0 Å². The molecule has 5 aliphatic carbocycles. The summed E-state index contributed by atoms with van der Waals surface area (Å²) < 4.78 is 5.75. The van der Waals surface area contributed by atoms with E-state index in [1.807, 2.05) is 24.3 Å². The molecule has 4 fully saturated rings. The van der Waals surface area contributed by atoms with Crippen molar-refractivity contribution in [1.29, 1.82) is 0 Å². The summed E-state index contributed by atoms with van der Waals surface area (Å²) in [6.07, 6.45) is 8.55. The van der Waals surface area contributed by atoms with Gasteiger partial charge >= 0.3 is 5.97 Å². The first-order valence-electron chi connectivity index (χ1n) is 11.5. The van der Waals surface area contributed by atoms with Gasteiger partial charge in [-0.15, -0.1) is 0 Å². The van der Waals surface area contributed by atoms with E-state index < -0.39 is 0 Å². The van der Waals surface area contributed by atoms with Crippen molar-refractivity contribution in [1.82, 2.24) is 0 Å². The normalized spacial score (nSPS) is 31.9. The standard InChI is InChI=1S/C27H27BrO3/c28-27-12-17-7-18(13-27)11-26(10-17,16-27)14-25(30)31-15-24(29)21-6-5-20-8-19-3-1-2-4-22(19)23(20)9-21/h1-6,9,17-18H,7-8,10-16H2. The van der Waals surface area contributed by atoms with Crippen molar-refractivity contribution in [3.05, 3.63) is 59.2 Å². The van der Waals surface area contributed by atoms with Crippen LogP contribution >= 0.6 is 15.9 Å². The second-order valence-corrected chi connectivity index (χ2v) is 12.3. The minimum Gasteiger partial charge on any atom is -0.457 e. The zero-order chi connectivity index (χ0) is 21.2. The maximum absolute atomic E-state index is 12.8. The smallest absolute Gasteiger partial charge is 0.306 e. The van der Waals surface area contributed by atoms with E-state index >= 15 is 0 Å². The molecular weight excluding hydrogens is 452 g/mol. The van der Waals surface area contributed by atoms with Crippen LogP contribution in [0.5, 0.6) is 0 Å². The van der Waals surface area contributed by atoms with Crippen LogP contribution in [0.25, 0.3) is 11.1 Å². The fourth-order valence-corrected chi connectivity index (χ4v) is 8.94. The predicted molar refractivity (Wildman–Crippen MR) is 123 cm³/mol. The van der Waals surface area contributed by atoms with Crippen LogP contribution in [-0.4, -0.2) is 22.7 Å². The summed E-state index contributed by atoms with van der Waals surface area (Å²) in [5.74, 6) is 1.15. The van der Waals surface area contributed by atoms with Gasteiger partial charge in [-0.2, -0.15) is 0 Å². The SMILES string of the molecule is O=C(CC12CC3CC(CC(Br)(C3)C1)C2)OCC(=O)c1ccc2c(c1)-c1ccccc1C2. The predicted octanol–water partition coefficient (Wildman–Crippen LogP) is 6.11. The number of fused-ring (bicyclic) bond motifs is 3. The summed E-state index contributed by atoms with van der Waals surface area (Å²) in [5, 5.41) is 0. The number of rotatable bonds is 5. The minimum atomic E-state index is -0.210. The fourth-order valence-electron chi connectivity index (χ4n) is 7.43. The molecule has 4 saturated carbocycles. The lowest BCUT2D eigenvalue weighted by Gasteiger charge is -2.60. The van der Waals surface area contributed by atoms with Crippen molar-refractivity contribution in [2.45, 2.75) is 55.7 Å². The van der Waals surface area contributed by atoms with Crippen LogP contribution < -0.4 is 0 Å². The summed E-state index contributed by atoms with van der Waals surface area (Å²) in [6.45, 7) is -0.165. The first kappa shape index (κ1) is 19.7. The molecule has 4 bridgehead atoms. The molecule has 0 radical (unpaired) electrons. The van der Waals surface area contributed by atoms with E-state index in [1.54, 1.807) is 0 Å². The van der Waals surface area contributed by atoms with Crippen LogP contribution in [-0.2, 0) is 16.0 Å². The van der Waals surface area contributed by atoms with Crippen LogP contribution in [0.4, 0.5) is 0 Å². The summed E-state index contributed by atoms with van der Waals surface area (Å²) in [7, 11) is 0. The molecule has 0 heterocycles. The van der Waals surface area contributed by atoms with Gasteiger partial charge in [-0.3, -0.25) is 9.59 Å². The van der Waals surface area contributed by atoms with Crippen molar-refractivity contribution in [3.8, 4) is 11.1 Å². The van der Waals surface area contributed by atoms with Crippen molar-refractivity contribution < 1.29 is 14.3 Å². The number of benzene rings is 2. The molecule has 2 unspecified atom stereocenters. The summed E-state index contributed by atoms with van der Waals surface area (Å²) in [4.78, 5) is 25.5. The highest BCUT2D eigenvalue weighted by Crippen LogP contribution is 2.65. The van der Waals surface area contributed by atoms with Crippen LogP contribution in [0.1, 0.15) is 66.4 Å². The van der Waals surface area contributed by atoms with Gasteiger partial charge in [0.15, 0.2) is 12.4 Å². The zero-order valence-corrected chi connectivity index (χ0v) is 19.2. The van der Waals surface area contributed by atoms with Gasteiger partial charge in [0, 0.05) is 9.89 Å². The third-order valence-electron chi connectivity index (χ3n) is 8.11. The molecule has 0 amide bonds. The third kappa shape index (κ3) is 3.47. The number of esters is 1. The number of carbonyl (C=O) groups is 2. The Balaban J connectivity index is 1.11. The van der Waals surface area contributed by atoms with E-state index in [-0.39, 0.29) is 28.1 Å². The first-order valence-corrected chi connectivity index (χ1v) is 12.3. The molecule has 160 valence electrons. The Morgan fingerprint density at radius 1 is 0.968 bits per heavy atom. The summed E-state index contributed by atoms with van der Waals surface area (Å²) >= 11 is 4.01. The molecule has 2 atom stereocenters. The Morgan fingerprint density at radius 2 is 1.71 bits per heavy atom. The van der Waals surface area contributed by atoms with Gasteiger partial charge in [-0.05, 0) is 90.5 Å². The molecule has 0 aromatic heterocycles. The third-order valence-corrected chi connectivity index (χ3v) is 9.04. The zero-order valence-electron chi connectivity index (χ0n) is 17.7. The first-order chi connectivity index (χ1) is 14.9. The Bertz CT molecular complexity index is 1070. The number of carbonyl (C=O) groups excluding carboxylic acids is 2. The van der Waals surface area contributed by atoms with Gasteiger partial charge in [0.25, 0.3) is 0 Å². The van der Waals surface area contributed by atoms with Gasteiger partial charge in [-0.25, -0.2) is 0 Å². The molecule has 0 N–H and O–H groups in total. The largest absolute Gasteiger partial charge is 0.457 e. The highest BCUT2D eigenvalue weighted by atomic mass is 79.9. The monoisotopic (exact) mass is 478 g/mol. The van der Waals surface area contributed by atoms with Crippen LogP contribution in [0.15, 0.2) is 42.5 Å². The highest BCUT2D eigenvalue weighted by molar-refractivity contribution is 9.10. The molecule has 3 nitrogen and oxygen atoms in total. The maximum atomic E-state index is 12.8. The number of ketones is 1. The molecule has 2 aromatic carbocycles. The quantitative estimate of drug-likeness (QED) is 0.252. The van der Waals surface area contributed by atoms with Gasteiger partial charge in [-0.1, -0.05) is 52.3 Å². The second-order valence-electron chi connectivity index (χ2n) is 10.6. The Labute approximate surface area is 191 Å². The van der Waals surface area contributed by atoms with Gasteiger partial charge in [0.1, 0.15) is 0 Å². The Morgan fingerprint density at radius 3 is 2.48 bits per heavy atom. The van der Waals surface area contributed by atoms with Crippen molar-refractivity contribution in [2.24, 2.45) is 17.3 Å². The molecule has 4 heteroatoms. The number of alkyl halides is 1. The van der Waals surface area contributed by atoms with Gasteiger partial charge in [0.05, 0.1) is 6.42 Å². The van der Waals surface area contributed by atoms with E-state index in [0.29, 0.717) is 12.0 Å². The number of hydrogen-bond donors (Lipinski definition) is 0. The van der Waals surface area contributed by atoms with Gasteiger partial charge < -0.3 is 4.74 Å². The number of hydrogen-bond acceptors (Lipinski definition) is 3. The minimum absolute atomic E-state index is 0.0744. The molecule has 0 saturated heterocycles. The lowest BCUT2D eigenvalue weighted by molar-refractivity contribution is -0.149. The maximum Gasteiger partial charge on any atom is 0.306 e. The van der Waals surface area contributed by atoms with Gasteiger partial charge in [0.2, 0.25) is 0 Å². The molecule has 0 aliphatic heterocycles. The Kier molecular flexibility index (Phi) is 4.47. The average molecular weight is 479 g/mol. The average Bonchev–Trinajstić information content (AvgIpc) is 3.07. The lowest BCUT2D eigenvalue weighted by atomic mass is 9.49. The fraction of sp³-hybridized carbons (Fsp3) is 0.481. The molecule has 5 aliphatic rings. The van der Waals surface area contributed by atoms with Crippen LogP contribution in [0.2, 0.25) is 0 Å². The second kappa shape index (κ2) is 7.03. The van der Waals surface area contributed by atoms with E-state index in [0.717, 1.165) is 43.1 Å². The van der Waals surface area contributed by atoms with E-state index in [4.69, 9.17) is 4.74 Å². The van der Waals surface area contributed by atoms with E-state index in [2.05, 4.69) is 34.1 Å². The van der Waals surface area contributed by atoms with Crippen LogP contribution in [0.3, 0.4) is 0 Å². The molecule has 0 spiro atoms. The van der Waals surface area contributed by atoms with Crippen LogP contribution in [0, 0.1) is 17.3 Å². The number of ether oxygens (including phenoxy) is 1. The molecular formula is C27H27BrO3. The lowest BCUT2D eigenvalue weighted by Crippen LogP contribution is -2.53. The molecule has 2 aromatic rings. The highest BCUT2D eigenvalue weighted by Gasteiger charge is 2.57. The van der Waals surface area contributed by atoms with Crippen molar-refractivity contribution >= 4 is 27.7 Å². The van der Waals surface area contributed by atoms with Crippen molar-refractivity contribution in [2.75, 3.05) is 6.61 Å². The van der Waals surface area contributed by atoms with E-state index in [9.17, 15) is 9.59 Å². The summed E-state index contributed by atoms with van der Waals surface area (Å²) in [5.41, 5.74) is 5.58. The Hall–Kier alpha value is -1.94. The summed E-state index contributed by atoms with van der Waals surface area (Å²) in [6, 6.07) is 14.2. The number of Topliss-reactive ketones (excluding diaryl/α,β-unsaturated/α-hetero) is 1. The number of halogens is 1. The molecule has 31 heavy (non-hydrogen) atoms. The van der Waals surface area contributed by atoms with E-state index in [1.165, 1.54) is 36.0 Å². The topological polar surface area (TPSA) is 43.4 Å². The molecule has 7 rings (SSSR count).